The Bertz CT molecular complexity index is 617. The van der Waals surface area contributed by atoms with Crippen molar-refractivity contribution >= 4 is 23.4 Å². The topological polar surface area (TPSA) is 61.3 Å². The number of aliphatic hydroxyl groups excluding tert-OH is 1. The highest BCUT2D eigenvalue weighted by molar-refractivity contribution is 7.98. The number of thioether (sulfide) groups is 1. The maximum Gasteiger partial charge on any atom is 0.128 e. The second-order valence-electron chi connectivity index (χ2n) is 5.92. The number of hydrogen-bond donors (Lipinski definition) is 2. The molecule has 3 rings (SSSR count). The minimum atomic E-state index is 0.232. The van der Waals surface area contributed by atoms with E-state index in [1.165, 1.54) is 5.56 Å². The van der Waals surface area contributed by atoms with Crippen LogP contribution in [-0.4, -0.2) is 46.6 Å². The molecule has 1 aliphatic heterocycles. The molecule has 128 valence electrons. The maximum atomic E-state index is 8.87. The van der Waals surface area contributed by atoms with E-state index in [9.17, 15) is 0 Å². The number of piperidine rings is 1. The summed E-state index contributed by atoms with van der Waals surface area (Å²) in [5.41, 5.74) is 1.25. The summed E-state index contributed by atoms with van der Waals surface area (Å²) in [6.45, 7) is 2.26. The number of hydrogen-bond acceptors (Lipinski definition) is 6. The molecule has 2 aromatic rings. The Morgan fingerprint density at radius 3 is 2.79 bits per heavy atom. The third kappa shape index (κ3) is 4.85. The quantitative estimate of drug-likeness (QED) is 0.753. The van der Waals surface area contributed by atoms with Gasteiger partial charge in [0.2, 0.25) is 0 Å². The van der Waals surface area contributed by atoms with Gasteiger partial charge in [-0.3, -0.25) is 0 Å². The largest absolute Gasteiger partial charge is 0.396 e. The van der Waals surface area contributed by atoms with Crippen LogP contribution >= 0.6 is 11.8 Å². The van der Waals surface area contributed by atoms with Crippen molar-refractivity contribution in [2.45, 2.75) is 24.6 Å². The summed E-state index contributed by atoms with van der Waals surface area (Å²) in [6.07, 6.45) is 5.88. The molecular weight excluding hydrogens is 320 g/mol. The van der Waals surface area contributed by atoms with Gasteiger partial charge in [0, 0.05) is 43.0 Å². The molecule has 0 atom stereocenters. The molecule has 2 aromatic heterocycles. The average molecular weight is 344 g/mol. The van der Waals surface area contributed by atoms with Crippen molar-refractivity contribution in [2.24, 2.45) is 0 Å². The lowest BCUT2D eigenvalue weighted by Crippen LogP contribution is -2.39. The van der Waals surface area contributed by atoms with Crippen LogP contribution in [0.25, 0.3) is 0 Å². The van der Waals surface area contributed by atoms with E-state index in [2.05, 4.69) is 32.3 Å². The van der Waals surface area contributed by atoms with Gasteiger partial charge in [-0.2, -0.15) is 11.8 Å². The van der Waals surface area contributed by atoms with Gasteiger partial charge in [0.1, 0.15) is 11.6 Å². The number of nitrogens with zero attached hydrogens (tertiary/aromatic N) is 3. The van der Waals surface area contributed by atoms with E-state index in [1.54, 1.807) is 11.8 Å². The fourth-order valence-electron chi connectivity index (χ4n) is 2.90. The lowest BCUT2D eigenvalue weighted by Gasteiger charge is -2.33. The number of pyridine rings is 2. The van der Waals surface area contributed by atoms with Crippen LogP contribution in [0.4, 0.5) is 11.6 Å². The molecule has 5 nitrogen and oxygen atoms in total. The molecule has 1 aliphatic rings. The van der Waals surface area contributed by atoms with Crippen molar-refractivity contribution in [3.05, 3.63) is 48.3 Å². The molecule has 0 aliphatic carbocycles. The van der Waals surface area contributed by atoms with E-state index in [-0.39, 0.29) is 6.61 Å². The molecule has 6 heteroatoms. The Balaban J connectivity index is 1.50. The predicted molar refractivity (Wildman–Crippen MR) is 101 cm³/mol. The highest BCUT2D eigenvalue weighted by Crippen LogP contribution is 2.21. The van der Waals surface area contributed by atoms with Crippen molar-refractivity contribution in [2.75, 3.05) is 35.7 Å². The smallest absolute Gasteiger partial charge is 0.128 e. The van der Waals surface area contributed by atoms with E-state index in [0.29, 0.717) is 6.04 Å². The first-order valence-electron chi connectivity index (χ1n) is 8.41. The fourth-order valence-corrected chi connectivity index (χ4v) is 3.59. The van der Waals surface area contributed by atoms with E-state index in [1.807, 2.05) is 30.6 Å². The van der Waals surface area contributed by atoms with Crippen molar-refractivity contribution in [1.29, 1.82) is 0 Å². The Morgan fingerprint density at radius 2 is 2.04 bits per heavy atom. The Kier molecular flexibility index (Phi) is 6.32. The zero-order valence-corrected chi connectivity index (χ0v) is 14.6. The third-order valence-corrected chi connectivity index (χ3v) is 5.16. The third-order valence-electron chi connectivity index (χ3n) is 4.15. The highest BCUT2D eigenvalue weighted by Gasteiger charge is 2.20. The number of anilines is 2. The first-order valence-corrected chi connectivity index (χ1v) is 9.56. The van der Waals surface area contributed by atoms with Crippen LogP contribution in [0.3, 0.4) is 0 Å². The zero-order valence-electron chi connectivity index (χ0n) is 13.8. The number of aliphatic hydroxyl groups is 1. The highest BCUT2D eigenvalue weighted by atomic mass is 32.2. The zero-order chi connectivity index (χ0) is 16.6. The molecule has 0 spiro atoms. The van der Waals surface area contributed by atoms with Crippen molar-refractivity contribution < 1.29 is 5.11 Å². The van der Waals surface area contributed by atoms with Crippen LogP contribution in [-0.2, 0) is 5.75 Å². The molecule has 0 saturated carbocycles. The normalized spacial score (nSPS) is 15.5. The SMILES string of the molecule is OCCSCc1ccnc(NC2CCN(c3ccccn3)CC2)c1. The van der Waals surface area contributed by atoms with Gasteiger partial charge in [-0.25, -0.2) is 9.97 Å². The lowest BCUT2D eigenvalue weighted by molar-refractivity contribution is 0.322. The Labute approximate surface area is 147 Å². The van der Waals surface area contributed by atoms with E-state index in [4.69, 9.17) is 5.11 Å². The molecule has 2 N–H and O–H groups in total. The first kappa shape index (κ1) is 17.0. The molecule has 3 heterocycles. The van der Waals surface area contributed by atoms with E-state index < -0.39 is 0 Å². The van der Waals surface area contributed by atoms with Gasteiger partial charge in [0.05, 0.1) is 6.61 Å². The molecule has 1 saturated heterocycles. The van der Waals surface area contributed by atoms with Gasteiger partial charge >= 0.3 is 0 Å². The van der Waals surface area contributed by atoms with Crippen LogP contribution in [0.5, 0.6) is 0 Å². The predicted octanol–water partition coefficient (Wildman–Crippen LogP) is 2.78. The van der Waals surface area contributed by atoms with Crippen LogP contribution < -0.4 is 10.2 Å². The van der Waals surface area contributed by atoms with Gasteiger partial charge in [-0.15, -0.1) is 0 Å². The Hall–Kier alpha value is -1.79. The van der Waals surface area contributed by atoms with Gasteiger partial charge in [-0.1, -0.05) is 6.07 Å². The summed E-state index contributed by atoms with van der Waals surface area (Å²) >= 11 is 1.74. The van der Waals surface area contributed by atoms with Crippen molar-refractivity contribution in [1.82, 2.24) is 9.97 Å². The Morgan fingerprint density at radius 1 is 1.17 bits per heavy atom. The van der Waals surface area contributed by atoms with Crippen LogP contribution in [0.1, 0.15) is 18.4 Å². The number of rotatable bonds is 7. The van der Waals surface area contributed by atoms with Crippen LogP contribution in [0.15, 0.2) is 42.7 Å². The molecule has 0 bridgehead atoms. The average Bonchev–Trinajstić information content (AvgIpc) is 2.64. The molecule has 0 aromatic carbocycles. The monoisotopic (exact) mass is 344 g/mol. The summed E-state index contributed by atoms with van der Waals surface area (Å²) in [6, 6.07) is 10.7. The lowest BCUT2D eigenvalue weighted by atomic mass is 10.0. The molecule has 0 radical (unpaired) electrons. The second-order valence-corrected chi connectivity index (χ2v) is 7.02. The van der Waals surface area contributed by atoms with Crippen LogP contribution in [0, 0.1) is 0 Å². The summed E-state index contributed by atoms with van der Waals surface area (Å²) in [5.74, 6) is 3.71. The van der Waals surface area contributed by atoms with Crippen molar-refractivity contribution in [3.63, 3.8) is 0 Å². The number of nitrogens with one attached hydrogen (secondary N) is 1. The van der Waals surface area contributed by atoms with Gasteiger partial charge in [0.15, 0.2) is 0 Å². The second kappa shape index (κ2) is 8.89. The minimum absolute atomic E-state index is 0.232. The number of aromatic nitrogens is 2. The summed E-state index contributed by atoms with van der Waals surface area (Å²) in [5, 5.41) is 12.4. The summed E-state index contributed by atoms with van der Waals surface area (Å²) in [7, 11) is 0. The van der Waals surface area contributed by atoms with Gasteiger partial charge in [-0.05, 0) is 42.7 Å². The van der Waals surface area contributed by atoms with E-state index >= 15 is 0 Å². The molecule has 24 heavy (non-hydrogen) atoms. The standard InChI is InChI=1S/C18H24N4OS/c23-11-12-24-14-15-4-8-19-17(13-15)21-16-5-9-22(10-6-16)18-3-1-2-7-20-18/h1-4,7-8,13,16,23H,5-6,9-12,14H2,(H,19,21). The molecule has 0 unspecified atom stereocenters. The molecule has 1 fully saturated rings. The first-order chi connectivity index (χ1) is 11.8. The molecular formula is C18H24N4OS. The maximum absolute atomic E-state index is 8.87. The van der Waals surface area contributed by atoms with Crippen molar-refractivity contribution in [3.8, 4) is 0 Å². The summed E-state index contributed by atoms with van der Waals surface area (Å²) in [4.78, 5) is 11.2. The van der Waals surface area contributed by atoms with E-state index in [0.717, 1.165) is 49.1 Å². The summed E-state index contributed by atoms with van der Waals surface area (Å²) < 4.78 is 0. The minimum Gasteiger partial charge on any atom is -0.396 e. The van der Waals surface area contributed by atoms with Gasteiger partial charge in [0.25, 0.3) is 0 Å². The van der Waals surface area contributed by atoms with Crippen LogP contribution in [0.2, 0.25) is 0 Å². The van der Waals surface area contributed by atoms with Gasteiger partial charge < -0.3 is 15.3 Å². The fraction of sp³-hybridized carbons (Fsp3) is 0.444. The molecule has 0 amide bonds.